The van der Waals surface area contributed by atoms with Crippen LogP contribution in [0.5, 0.6) is 5.75 Å². The number of benzene rings is 2. The molecule has 0 spiro atoms. The quantitative estimate of drug-likeness (QED) is 0.886. The van der Waals surface area contributed by atoms with Crippen molar-refractivity contribution >= 4 is 0 Å². The lowest BCUT2D eigenvalue weighted by Crippen LogP contribution is -2.08. The highest BCUT2D eigenvalue weighted by molar-refractivity contribution is 5.29. The van der Waals surface area contributed by atoms with Crippen LogP contribution in [0.4, 0.5) is 4.39 Å². The van der Waals surface area contributed by atoms with Crippen LogP contribution < -0.4 is 10.5 Å². The van der Waals surface area contributed by atoms with Crippen LogP contribution in [-0.2, 0) is 6.61 Å². The third-order valence-corrected chi connectivity index (χ3v) is 3.10. The Labute approximate surface area is 113 Å². The van der Waals surface area contributed by atoms with Gasteiger partial charge in [-0.25, -0.2) is 4.39 Å². The first-order chi connectivity index (χ1) is 9.20. The van der Waals surface area contributed by atoms with E-state index >= 15 is 0 Å². The molecule has 0 bridgehead atoms. The molecule has 2 aromatic rings. The Morgan fingerprint density at radius 2 is 1.79 bits per heavy atom. The van der Waals surface area contributed by atoms with E-state index in [2.05, 4.69) is 0 Å². The minimum atomic E-state index is -0.243. The molecule has 19 heavy (non-hydrogen) atoms. The summed E-state index contributed by atoms with van der Waals surface area (Å²) in [7, 11) is 0. The fraction of sp³-hybridized carbons (Fsp3) is 0.250. The van der Waals surface area contributed by atoms with Crippen LogP contribution in [0.25, 0.3) is 0 Å². The standard InChI is InChI=1S/C16H18FNO/c1-2-16(18)12-7-9-14(10-8-12)19-11-13-5-3-4-6-15(13)17/h3-10,16H,2,11,18H2,1H3/t16-/m1/s1. The van der Waals surface area contributed by atoms with Gasteiger partial charge < -0.3 is 10.5 Å². The molecule has 0 aliphatic rings. The number of nitrogens with two attached hydrogens (primary N) is 1. The Bertz CT molecular complexity index is 525. The van der Waals surface area contributed by atoms with Crippen molar-refractivity contribution in [3.8, 4) is 5.75 Å². The van der Waals surface area contributed by atoms with Gasteiger partial charge in [-0.1, -0.05) is 37.3 Å². The van der Waals surface area contributed by atoms with Crippen LogP contribution >= 0.6 is 0 Å². The summed E-state index contributed by atoms with van der Waals surface area (Å²) < 4.78 is 19.0. The average Bonchev–Trinajstić information content (AvgIpc) is 2.46. The monoisotopic (exact) mass is 259 g/mol. The Morgan fingerprint density at radius 3 is 2.42 bits per heavy atom. The molecule has 2 aromatic carbocycles. The van der Waals surface area contributed by atoms with Crippen LogP contribution in [0, 0.1) is 5.82 Å². The number of hydrogen-bond acceptors (Lipinski definition) is 2. The Balaban J connectivity index is 1.99. The van der Waals surface area contributed by atoms with E-state index in [0.717, 1.165) is 17.7 Å². The maximum atomic E-state index is 13.4. The van der Waals surface area contributed by atoms with Crippen LogP contribution in [0.1, 0.15) is 30.5 Å². The minimum Gasteiger partial charge on any atom is -0.489 e. The predicted octanol–water partition coefficient (Wildman–Crippen LogP) is 3.81. The molecule has 100 valence electrons. The summed E-state index contributed by atoms with van der Waals surface area (Å²) in [5.41, 5.74) is 7.58. The number of rotatable bonds is 5. The van der Waals surface area contributed by atoms with Gasteiger partial charge >= 0.3 is 0 Å². The van der Waals surface area contributed by atoms with E-state index in [9.17, 15) is 4.39 Å². The maximum Gasteiger partial charge on any atom is 0.129 e. The molecular weight excluding hydrogens is 241 g/mol. The topological polar surface area (TPSA) is 35.2 Å². The molecule has 0 fully saturated rings. The third kappa shape index (κ3) is 3.55. The first-order valence-corrected chi connectivity index (χ1v) is 6.42. The molecule has 0 amide bonds. The largest absolute Gasteiger partial charge is 0.489 e. The van der Waals surface area contributed by atoms with Crippen LogP contribution in [-0.4, -0.2) is 0 Å². The second-order valence-corrected chi connectivity index (χ2v) is 4.46. The maximum absolute atomic E-state index is 13.4. The van der Waals surface area contributed by atoms with Crippen molar-refractivity contribution in [1.82, 2.24) is 0 Å². The first kappa shape index (κ1) is 13.6. The van der Waals surface area contributed by atoms with Crippen molar-refractivity contribution in [2.24, 2.45) is 5.73 Å². The summed E-state index contributed by atoms with van der Waals surface area (Å²) in [6, 6.07) is 14.3. The second kappa shape index (κ2) is 6.34. The van der Waals surface area contributed by atoms with Gasteiger partial charge in [0.1, 0.15) is 18.2 Å². The molecule has 0 aliphatic carbocycles. The van der Waals surface area contributed by atoms with Crippen LogP contribution in [0.3, 0.4) is 0 Å². The summed E-state index contributed by atoms with van der Waals surface area (Å²) in [6.07, 6.45) is 0.898. The Morgan fingerprint density at radius 1 is 1.11 bits per heavy atom. The van der Waals surface area contributed by atoms with Gasteiger partial charge in [-0.15, -0.1) is 0 Å². The molecule has 0 unspecified atom stereocenters. The van der Waals surface area contributed by atoms with E-state index < -0.39 is 0 Å². The van der Waals surface area contributed by atoms with Gasteiger partial charge in [-0.3, -0.25) is 0 Å². The molecule has 3 heteroatoms. The molecule has 2 N–H and O–H groups in total. The molecule has 2 rings (SSSR count). The van der Waals surface area contributed by atoms with Crippen LogP contribution in [0.15, 0.2) is 48.5 Å². The molecule has 0 saturated carbocycles. The van der Waals surface area contributed by atoms with Crippen molar-refractivity contribution in [3.05, 3.63) is 65.5 Å². The van der Waals surface area contributed by atoms with Crippen molar-refractivity contribution in [1.29, 1.82) is 0 Å². The molecule has 0 heterocycles. The third-order valence-electron chi connectivity index (χ3n) is 3.10. The zero-order valence-electron chi connectivity index (χ0n) is 11.0. The van der Waals surface area contributed by atoms with E-state index in [-0.39, 0.29) is 18.5 Å². The van der Waals surface area contributed by atoms with Gasteiger partial charge in [-0.05, 0) is 30.2 Å². The van der Waals surface area contributed by atoms with E-state index in [1.165, 1.54) is 6.07 Å². The summed E-state index contributed by atoms with van der Waals surface area (Å²) in [5, 5.41) is 0. The van der Waals surface area contributed by atoms with Crippen LogP contribution in [0.2, 0.25) is 0 Å². The fourth-order valence-corrected chi connectivity index (χ4v) is 1.82. The van der Waals surface area contributed by atoms with E-state index in [1.807, 2.05) is 31.2 Å². The van der Waals surface area contributed by atoms with Gasteiger partial charge in [0.25, 0.3) is 0 Å². The zero-order chi connectivity index (χ0) is 13.7. The zero-order valence-corrected chi connectivity index (χ0v) is 11.0. The molecule has 0 saturated heterocycles. The van der Waals surface area contributed by atoms with Crippen molar-refractivity contribution in [3.63, 3.8) is 0 Å². The van der Waals surface area contributed by atoms with Gasteiger partial charge in [-0.2, -0.15) is 0 Å². The summed E-state index contributed by atoms with van der Waals surface area (Å²) in [4.78, 5) is 0. The fourth-order valence-electron chi connectivity index (χ4n) is 1.82. The average molecular weight is 259 g/mol. The summed E-state index contributed by atoms with van der Waals surface area (Å²) in [5.74, 6) is 0.474. The second-order valence-electron chi connectivity index (χ2n) is 4.46. The Hall–Kier alpha value is -1.87. The van der Waals surface area contributed by atoms with E-state index in [1.54, 1.807) is 18.2 Å². The molecular formula is C16H18FNO. The van der Waals surface area contributed by atoms with Gasteiger partial charge in [0.05, 0.1) is 0 Å². The molecule has 0 aliphatic heterocycles. The predicted molar refractivity (Wildman–Crippen MR) is 74.4 cm³/mol. The first-order valence-electron chi connectivity index (χ1n) is 6.42. The van der Waals surface area contributed by atoms with Crippen molar-refractivity contribution in [2.75, 3.05) is 0 Å². The minimum absolute atomic E-state index is 0.0561. The van der Waals surface area contributed by atoms with Crippen molar-refractivity contribution in [2.45, 2.75) is 26.0 Å². The van der Waals surface area contributed by atoms with Gasteiger partial charge in [0.2, 0.25) is 0 Å². The normalized spacial score (nSPS) is 12.2. The van der Waals surface area contributed by atoms with Gasteiger partial charge in [0, 0.05) is 11.6 Å². The summed E-state index contributed by atoms with van der Waals surface area (Å²) >= 11 is 0. The lowest BCUT2D eigenvalue weighted by Gasteiger charge is -2.11. The lowest BCUT2D eigenvalue weighted by molar-refractivity contribution is 0.299. The molecule has 0 aromatic heterocycles. The molecule has 1 atom stereocenters. The highest BCUT2D eigenvalue weighted by Gasteiger charge is 2.04. The van der Waals surface area contributed by atoms with E-state index in [4.69, 9.17) is 10.5 Å². The number of halogens is 1. The SMILES string of the molecule is CC[C@@H](N)c1ccc(OCc2ccccc2F)cc1. The highest BCUT2D eigenvalue weighted by Crippen LogP contribution is 2.19. The smallest absolute Gasteiger partial charge is 0.129 e. The molecule has 2 nitrogen and oxygen atoms in total. The number of hydrogen-bond donors (Lipinski definition) is 1. The summed E-state index contributed by atoms with van der Waals surface area (Å²) in [6.45, 7) is 2.28. The molecule has 0 radical (unpaired) electrons. The van der Waals surface area contributed by atoms with Crippen molar-refractivity contribution < 1.29 is 9.13 Å². The van der Waals surface area contributed by atoms with E-state index in [0.29, 0.717) is 5.56 Å². The highest BCUT2D eigenvalue weighted by atomic mass is 19.1. The number of ether oxygens (including phenoxy) is 1. The van der Waals surface area contributed by atoms with Gasteiger partial charge in [0.15, 0.2) is 0 Å². The Kier molecular flexibility index (Phi) is 4.53. The lowest BCUT2D eigenvalue weighted by atomic mass is 10.1.